The Labute approximate surface area is 213 Å². The van der Waals surface area contributed by atoms with Gasteiger partial charge in [-0.15, -0.1) is 11.3 Å². The molecule has 0 radical (unpaired) electrons. The number of hydrogen-bond donors (Lipinski definition) is 2. The standard InChI is InChI=1S/C25H24F3N5O3S/c1-24(2,3)12-6-7-13-17(9-12)37-23(20(13)21(29)34)31-22(35)15-11-19-30-14(16-5-4-8-36-16)10-18(25(26,27)28)33(19)32-15/h4-5,8,10-12H,6-7,9H2,1-3H3,(H2,29,34)(H,31,35)/t12-/m0/s1. The van der Waals surface area contributed by atoms with Crippen LogP contribution in [0.1, 0.15) is 64.2 Å². The normalized spacial score (nSPS) is 16.1. The van der Waals surface area contributed by atoms with Gasteiger partial charge in [0.25, 0.3) is 11.8 Å². The smallest absolute Gasteiger partial charge is 0.433 e. The van der Waals surface area contributed by atoms with E-state index in [0.717, 1.165) is 35.4 Å². The SMILES string of the molecule is CC(C)(C)[C@H]1CCc2c(sc(NC(=O)c3cc4nc(-c5ccco5)cc(C(F)(F)F)n4n3)c2C(N)=O)C1. The highest BCUT2D eigenvalue weighted by Crippen LogP contribution is 2.44. The third-order valence-electron chi connectivity index (χ3n) is 6.69. The molecule has 4 heterocycles. The van der Waals surface area contributed by atoms with Gasteiger partial charge in [-0.05, 0) is 54.4 Å². The third-order valence-corrected chi connectivity index (χ3v) is 7.86. The van der Waals surface area contributed by atoms with E-state index in [2.05, 4.69) is 36.2 Å². The monoisotopic (exact) mass is 531 g/mol. The predicted octanol–water partition coefficient (Wildman–Crippen LogP) is 5.57. The number of fused-ring (bicyclic) bond motifs is 2. The number of halogens is 3. The van der Waals surface area contributed by atoms with Crippen LogP contribution in [0.4, 0.5) is 18.2 Å². The van der Waals surface area contributed by atoms with Crippen molar-refractivity contribution in [2.45, 2.75) is 46.2 Å². The molecule has 0 aliphatic heterocycles. The molecule has 0 saturated carbocycles. The molecule has 0 fully saturated rings. The van der Waals surface area contributed by atoms with Crippen molar-refractivity contribution in [1.82, 2.24) is 14.6 Å². The molecule has 0 aromatic carbocycles. The molecule has 3 N–H and O–H groups in total. The summed E-state index contributed by atoms with van der Waals surface area (Å²) in [5.41, 5.74) is 5.19. The number of carbonyl (C=O) groups is 2. The highest BCUT2D eigenvalue weighted by molar-refractivity contribution is 7.17. The zero-order valence-corrected chi connectivity index (χ0v) is 21.1. The summed E-state index contributed by atoms with van der Waals surface area (Å²) in [6, 6.07) is 4.98. The minimum atomic E-state index is -4.77. The zero-order chi connectivity index (χ0) is 26.7. The lowest BCUT2D eigenvalue weighted by Crippen LogP contribution is -2.27. The number of nitrogens with zero attached hydrogens (tertiary/aromatic N) is 3. The van der Waals surface area contributed by atoms with E-state index < -0.39 is 23.7 Å². The Morgan fingerprint density at radius 3 is 2.62 bits per heavy atom. The number of hydrogen-bond acceptors (Lipinski definition) is 6. The van der Waals surface area contributed by atoms with Crippen LogP contribution in [-0.2, 0) is 19.0 Å². The number of alkyl halides is 3. The molecule has 37 heavy (non-hydrogen) atoms. The highest BCUT2D eigenvalue weighted by atomic mass is 32.1. The maximum Gasteiger partial charge on any atom is 0.433 e. The average Bonchev–Trinajstić information content (AvgIpc) is 3.53. The first-order chi connectivity index (χ1) is 17.3. The van der Waals surface area contributed by atoms with Crippen molar-refractivity contribution >= 4 is 33.8 Å². The van der Waals surface area contributed by atoms with Crippen molar-refractivity contribution in [2.75, 3.05) is 5.32 Å². The van der Waals surface area contributed by atoms with Crippen LogP contribution in [0.5, 0.6) is 0 Å². The first-order valence-corrected chi connectivity index (χ1v) is 12.4. The molecule has 5 rings (SSSR count). The van der Waals surface area contributed by atoms with Gasteiger partial charge in [0.2, 0.25) is 0 Å². The summed E-state index contributed by atoms with van der Waals surface area (Å²) >= 11 is 1.27. The van der Waals surface area contributed by atoms with Gasteiger partial charge in [0, 0.05) is 10.9 Å². The third kappa shape index (κ3) is 4.61. The van der Waals surface area contributed by atoms with Crippen molar-refractivity contribution in [1.29, 1.82) is 0 Å². The lowest BCUT2D eigenvalue weighted by atomic mass is 9.72. The Balaban J connectivity index is 1.51. The minimum Gasteiger partial charge on any atom is -0.463 e. The fraction of sp³-hybridized carbons (Fsp3) is 0.360. The first-order valence-electron chi connectivity index (χ1n) is 11.6. The number of nitrogens with two attached hydrogens (primary N) is 1. The van der Waals surface area contributed by atoms with E-state index >= 15 is 0 Å². The van der Waals surface area contributed by atoms with E-state index in [0.29, 0.717) is 16.9 Å². The van der Waals surface area contributed by atoms with E-state index in [4.69, 9.17) is 10.2 Å². The molecular formula is C25H24F3N5O3S. The van der Waals surface area contributed by atoms with E-state index in [1.54, 1.807) is 0 Å². The number of furan rings is 1. The molecule has 0 unspecified atom stereocenters. The Bertz CT molecular complexity index is 1510. The van der Waals surface area contributed by atoms with Crippen LogP contribution in [0.25, 0.3) is 17.1 Å². The van der Waals surface area contributed by atoms with Gasteiger partial charge in [-0.3, -0.25) is 9.59 Å². The van der Waals surface area contributed by atoms with Gasteiger partial charge in [-0.25, -0.2) is 9.50 Å². The highest BCUT2D eigenvalue weighted by Gasteiger charge is 2.37. The number of carbonyl (C=O) groups excluding carboxylic acids is 2. The fourth-order valence-electron chi connectivity index (χ4n) is 4.68. The van der Waals surface area contributed by atoms with Crippen molar-refractivity contribution in [3.05, 3.63) is 57.9 Å². The van der Waals surface area contributed by atoms with E-state index in [1.165, 1.54) is 29.7 Å². The Morgan fingerprint density at radius 2 is 2.00 bits per heavy atom. The summed E-state index contributed by atoms with van der Waals surface area (Å²) in [4.78, 5) is 30.6. The minimum absolute atomic E-state index is 0.0490. The maximum absolute atomic E-state index is 13.8. The predicted molar refractivity (Wildman–Crippen MR) is 131 cm³/mol. The van der Waals surface area contributed by atoms with Crippen molar-refractivity contribution in [3.8, 4) is 11.5 Å². The maximum atomic E-state index is 13.8. The number of thiophene rings is 1. The molecule has 194 valence electrons. The largest absolute Gasteiger partial charge is 0.463 e. The number of anilines is 1. The van der Waals surface area contributed by atoms with Crippen LogP contribution in [0.15, 0.2) is 34.9 Å². The van der Waals surface area contributed by atoms with Gasteiger partial charge >= 0.3 is 6.18 Å². The van der Waals surface area contributed by atoms with E-state index in [9.17, 15) is 22.8 Å². The number of amides is 2. The Hall–Kier alpha value is -3.67. The number of rotatable bonds is 4. The van der Waals surface area contributed by atoms with E-state index in [-0.39, 0.29) is 38.8 Å². The molecule has 1 atom stereocenters. The average molecular weight is 532 g/mol. The van der Waals surface area contributed by atoms with Crippen molar-refractivity contribution < 1.29 is 27.2 Å². The van der Waals surface area contributed by atoms with Gasteiger partial charge in [0.05, 0.1) is 11.8 Å². The van der Waals surface area contributed by atoms with Crippen LogP contribution >= 0.6 is 11.3 Å². The second kappa shape index (κ2) is 8.72. The molecule has 4 aromatic heterocycles. The second-order valence-corrected chi connectivity index (χ2v) is 11.2. The number of nitrogens with one attached hydrogen (secondary N) is 1. The quantitative estimate of drug-likeness (QED) is 0.357. The molecule has 4 aromatic rings. The summed E-state index contributed by atoms with van der Waals surface area (Å²) in [7, 11) is 0. The van der Waals surface area contributed by atoms with Gasteiger partial charge in [-0.2, -0.15) is 18.3 Å². The van der Waals surface area contributed by atoms with Gasteiger partial charge < -0.3 is 15.5 Å². The molecule has 1 aliphatic carbocycles. The second-order valence-electron chi connectivity index (χ2n) is 10.1. The molecule has 1 aliphatic rings. The fourth-order valence-corrected chi connectivity index (χ4v) is 6.01. The molecule has 8 nitrogen and oxygen atoms in total. The molecule has 12 heteroatoms. The molecule has 0 saturated heterocycles. The summed E-state index contributed by atoms with van der Waals surface area (Å²) < 4.78 is 47.2. The van der Waals surface area contributed by atoms with Crippen molar-refractivity contribution in [2.24, 2.45) is 17.1 Å². The summed E-state index contributed by atoms with van der Waals surface area (Å²) in [6.45, 7) is 6.49. The molecule has 0 bridgehead atoms. The molecular weight excluding hydrogens is 507 g/mol. The van der Waals surface area contributed by atoms with Crippen LogP contribution in [0.2, 0.25) is 0 Å². The number of aromatic nitrogens is 3. The van der Waals surface area contributed by atoms with E-state index in [1.807, 2.05) is 0 Å². The summed E-state index contributed by atoms with van der Waals surface area (Å²) in [5, 5.41) is 6.81. The van der Waals surface area contributed by atoms with Crippen LogP contribution in [0, 0.1) is 11.3 Å². The summed E-state index contributed by atoms with van der Waals surface area (Å²) in [5.74, 6) is -0.895. The van der Waals surface area contributed by atoms with Crippen molar-refractivity contribution in [3.63, 3.8) is 0 Å². The number of primary amides is 1. The lowest BCUT2D eigenvalue weighted by Gasteiger charge is -2.33. The topological polar surface area (TPSA) is 116 Å². The van der Waals surface area contributed by atoms with Crippen LogP contribution in [-0.4, -0.2) is 26.4 Å². The first kappa shape index (κ1) is 25.0. The van der Waals surface area contributed by atoms with Crippen LogP contribution < -0.4 is 11.1 Å². The van der Waals surface area contributed by atoms with Gasteiger partial charge in [0.15, 0.2) is 22.8 Å². The Kier molecular flexibility index (Phi) is 5.89. The Morgan fingerprint density at radius 1 is 1.24 bits per heavy atom. The lowest BCUT2D eigenvalue weighted by molar-refractivity contribution is -0.142. The molecule has 0 spiro atoms. The van der Waals surface area contributed by atoms with Gasteiger partial charge in [0.1, 0.15) is 10.7 Å². The molecule has 2 amide bonds. The summed E-state index contributed by atoms with van der Waals surface area (Å²) in [6.07, 6.45) is -1.15. The zero-order valence-electron chi connectivity index (χ0n) is 20.3. The van der Waals surface area contributed by atoms with Gasteiger partial charge in [-0.1, -0.05) is 20.8 Å². The van der Waals surface area contributed by atoms with Crippen LogP contribution in [0.3, 0.4) is 0 Å².